The van der Waals surface area contributed by atoms with E-state index in [1.54, 1.807) is 18.3 Å². The topological polar surface area (TPSA) is 63.8 Å². The lowest BCUT2D eigenvalue weighted by Crippen LogP contribution is -2.44. The third-order valence-electron chi connectivity index (χ3n) is 3.32. The fourth-order valence-corrected chi connectivity index (χ4v) is 2.14. The normalized spacial score (nSPS) is 17.4. The lowest BCUT2D eigenvalue weighted by molar-refractivity contribution is 0.252. The maximum Gasteiger partial charge on any atom is 0.230 e. The van der Waals surface area contributed by atoms with E-state index in [2.05, 4.69) is 27.4 Å². The minimum absolute atomic E-state index is 0.259. The van der Waals surface area contributed by atoms with Crippen LogP contribution in [0.2, 0.25) is 5.02 Å². The van der Waals surface area contributed by atoms with Gasteiger partial charge in [0, 0.05) is 12.1 Å². The summed E-state index contributed by atoms with van der Waals surface area (Å²) in [5.74, 6) is 1.93. The number of rotatable bonds is 3. The summed E-state index contributed by atoms with van der Waals surface area (Å²) in [7, 11) is 0. The molecule has 18 heavy (non-hydrogen) atoms. The molecule has 1 aliphatic heterocycles. The predicted molar refractivity (Wildman–Crippen MR) is 67.3 cm³/mol. The van der Waals surface area contributed by atoms with E-state index in [4.69, 9.17) is 16.1 Å². The Balaban J connectivity index is 1.87. The highest BCUT2D eigenvalue weighted by Gasteiger charge is 2.29. The molecule has 6 heteroatoms. The number of aromatic nitrogens is 3. The van der Waals surface area contributed by atoms with Crippen molar-refractivity contribution in [3.8, 4) is 11.5 Å². The van der Waals surface area contributed by atoms with Gasteiger partial charge in [-0.1, -0.05) is 23.7 Å². The average molecular weight is 265 g/mol. The second-order valence-electron chi connectivity index (χ2n) is 4.50. The Morgan fingerprint density at radius 2 is 2.33 bits per heavy atom. The van der Waals surface area contributed by atoms with E-state index >= 15 is 0 Å². The van der Waals surface area contributed by atoms with Crippen molar-refractivity contribution in [1.82, 2.24) is 20.4 Å². The van der Waals surface area contributed by atoms with Gasteiger partial charge in [0.1, 0.15) is 5.69 Å². The lowest BCUT2D eigenvalue weighted by Gasteiger charge is -2.30. The molecular weight excluding hydrogens is 252 g/mol. The molecule has 3 rings (SSSR count). The molecule has 1 N–H and O–H groups in total. The number of pyridine rings is 1. The second-order valence-corrected chi connectivity index (χ2v) is 4.90. The van der Waals surface area contributed by atoms with Gasteiger partial charge in [0.25, 0.3) is 0 Å². The van der Waals surface area contributed by atoms with Gasteiger partial charge in [0.15, 0.2) is 0 Å². The number of nitrogens with zero attached hydrogens (tertiary/aromatic N) is 3. The van der Waals surface area contributed by atoms with Crippen molar-refractivity contribution in [3.63, 3.8) is 0 Å². The van der Waals surface area contributed by atoms with Crippen molar-refractivity contribution in [1.29, 1.82) is 0 Å². The van der Waals surface area contributed by atoms with Crippen molar-refractivity contribution in [2.75, 3.05) is 13.1 Å². The van der Waals surface area contributed by atoms with Crippen molar-refractivity contribution in [2.45, 2.75) is 12.8 Å². The summed E-state index contributed by atoms with van der Waals surface area (Å²) in [5.41, 5.74) is 0.563. The average Bonchev–Trinajstić information content (AvgIpc) is 2.76. The predicted octanol–water partition coefficient (Wildman–Crippen LogP) is 2.11. The molecule has 0 saturated carbocycles. The Morgan fingerprint density at radius 3 is 3.00 bits per heavy atom. The van der Waals surface area contributed by atoms with Crippen LogP contribution in [0, 0.1) is 5.92 Å². The number of hydrogen-bond acceptors (Lipinski definition) is 5. The van der Waals surface area contributed by atoms with Crippen LogP contribution >= 0.6 is 11.6 Å². The summed E-state index contributed by atoms with van der Waals surface area (Å²) in [4.78, 5) is 8.56. The van der Waals surface area contributed by atoms with E-state index in [1.807, 2.05) is 0 Å². The molecule has 3 heterocycles. The van der Waals surface area contributed by atoms with Gasteiger partial charge in [0.05, 0.1) is 5.02 Å². The number of halogens is 1. The first kappa shape index (κ1) is 11.6. The quantitative estimate of drug-likeness (QED) is 0.920. The van der Waals surface area contributed by atoms with Crippen LogP contribution in [0.4, 0.5) is 0 Å². The highest BCUT2D eigenvalue weighted by molar-refractivity contribution is 6.32. The Labute approximate surface area is 110 Å². The number of nitrogens with one attached hydrogen (secondary N) is 1. The van der Waals surface area contributed by atoms with E-state index in [0.717, 1.165) is 13.1 Å². The summed E-state index contributed by atoms with van der Waals surface area (Å²) >= 11 is 6.05. The molecule has 0 bridgehead atoms. The Hall–Kier alpha value is -1.46. The Morgan fingerprint density at radius 1 is 1.50 bits per heavy atom. The molecule has 1 atom stereocenters. The third-order valence-corrected chi connectivity index (χ3v) is 3.63. The maximum absolute atomic E-state index is 6.05. The molecule has 0 radical (unpaired) electrons. The van der Waals surface area contributed by atoms with Crippen LogP contribution in [0.15, 0.2) is 22.9 Å². The molecule has 0 amide bonds. The molecular formula is C12H13ClN4O. The first-order valence-corrected chi connectivity index (χ1v) is 6.28. The zero-order valence-electron chi connectivity index (χ0n) is 9.93. The van der Waals surface area contributed by atoms with E-state index in [1.165, 1.54) is 0 Å². The molecule has 1 fully saturated rings. The summed E-state index contributed by atoms with van der Waals surface area (Å²) < 4.78 is 5.31. The first-order chi connectivity index (χ1) is 8.75. The van der Waals surface area contributed by atoms with Crippen LogP contribution in [0.25, 0.3) is 11.5 Å². The second kappa shape index (κ2) is 4.66. The Kier molecular flexibility index (Phi) is 3.01. The smallest absolute Gasteiger partial charge is 0.230 e. The highest BCUT2D eigenvalue weighted by atomic mass is 35.5. The van der Waals surface area contributed by atoms with Gasteiger partial charge in [-0.15, -0.1) is 0 Å². The minimum Gasteiger partial charge on any atom is -0.339 e. The van der Waals surface area contributed by atoms with Gasteiger partial charge in [-0.2, -0.15) is 4.98 Å². The fourth-order valence-electron chi connectivity index (χ4n) is 1.93. The lowest BCUT2D eigenvalue weighted by atomic mass is 9.89. The van der Waals surface area contributed by atoms with Gasteiger partial charge in [0.2, 0.25) is 11.7 Å². The largest absolute Gasteiger partial charge is 0.339 e. The van der Waals surface area contributed by atoms with Gasteiger partial charge in [-0.25, -0.2) is 0 Å². The number of hydrogen-bond donors (Lipinski definition) is 1. The minimum atomic E-state index is 0.259. The van der Waals surface area contributed by atoms with Gasteiger partial charge in [-0.3, -0.25) is 4.98 Å². The van der Waals surface area contributed by atoms with Crippen LogP contribution in [-0.2, 0) is 0 Å². The molecule has 2 aromatic rings. The Bertz CT molecular complexity index is 553. The van der Waals surface area contributed by atoms with Crippen molar-refractivity contribution < 1.29 is 4.52 Å². The molecule has 0 aromatic carbocycles. The zero-order chi connectivity index (χ0) is 12.5. The molecule has 5 nitrogen and oxygen atoms in total. The van der Waals surface area contributed by atoms with Crippen LogP contribution < -0.4 is 5.32 Å². The van der Waals surface area contributed by atoms with Gasteiger partial charge >= 0.3 is 0 Å². The van der Waals surface area contributed by atoms with Crippen LogP contribution in [-0.4, -0.2) is 28.2 Å². The van der Waals surface area contributed by atoms with Crippen molar-refractivity contribution in [2.24, 2.45) is 5.92 Å². The zero-order valence-corrected chi connectivity index (χ0v) is 10.7. The monoisotopic (exact) mass is 264 g/mol. The summed E-state index contributed by atoms with van der Waals surface area (Å²) in [6.45, 7) is 4.11. The highest BCUT2D eigenvalue weighted by Crippen LogP contribution is 2.28. The molecule has 0 spiro atoms. The van der Waals surface area contributed by atoms with Crippen molar-refractivity contribution >= 4 is 11.6 Å². The SMILES string of the molecule is CC(c1nc(-c2ncccc2Cl)no1)C1CNC1. The van der Waals surface area contributed by atoms with Gasteiger partial charge in [-0.05, 0) is 31.1 Å². The standard InChI is InChI=1S/C12H13ClN4O/c1-7(8-5-14-6-8)12-16-11(17-18-12)10-9(13)3-2-4-15-10/h2-4,7-8,14H,5-6H2,1H3. The molecule has 0 aliphatic carbocycles. The maximum atomic E-state index is 6.05. The summed E-state index contributed by atoms with van der Waals surface area (Å²) in [5, 5.41) is 7.72. The molecule has 1 aliphatic rings. The van der Waals surface area contributed by atoms with E-state index in [0.29, 0.717) is 28.3 Å². The van der Waals surface area contributed by atoms with Crippen LogP contribution in [0.3, 0.4) is 0 Å². The van der Waals surface area contributed by atoms with Gasteiger partial charge < -0.3 is 9.84 Å². The summed E-state index contributed by atoms with van der Waals surface area (Å²) in [6.07, 6.45) is 1.66. The fraction of sp³-hybridized carbons (Fsp3) is 0.417. The van der Waals surface area contributed by atoms with Crippen LogP contribution in [0.1, 0.15) is 18.7 Å². The first-order valence-electron chi connectivity index (χ1n) is 5.91. The van der Waals surface area contributed by atoms with E-state index in [-0.39, 0.29) is 5.92 Å². The molecule has 1 unspecified atom stereocenters. The van der Waals surface area contributed by atoms with Crippen molar-refractivity contribution in [3.05, 3.63) is 29.2 Å². The third kappa shape index (κ3) is 2.00. The summed E-state index contributed by atoms with van der Waals surface area (Å²) in [6, 6.07) is 3.54. The van der Waals surface area contributed by atoms with E-state index in [9.17, 15) is 0 Å². The molecule has 94 valence electrons. The molecule has 1 saturated heterocycles. The van der Waals surface area contributed by atoms with E-state index < -0.39 is 0 Å². The molecule has 2 aromatic heterocycles. The van der Waals surface area contributed by atoms with Crippen LogP contribution in [0.5, 0.6) is 0 Å².